The Morgan fingerprint density at radius 3 is 3.07 bits per heavy atom. The van der Waals surface area contributed by atoms with Gasteiger partial charge in [-0.3, -0.25) is 0 Å². The minimum absolute atomic E-state index is 0.873. The van der Waals surface area contributed by atoms with Crippen molar-refractivity contribution >= 4 is 45.9 Å². The average Bonchev–Trinajstić information content (AvgIpc) is 2.69. The van der Waals surface area contributed by atoms with Gasteiger partial charge in [-0.1, -0.05) is 6.92 Å². The molecule has 0 radical (unpaired) electrons. The first kappa shape index (κ1) is 11.2. The van der Waals surface area contributed by atoms with Crippen molar-refractivity contribution in [3.05, 3.63) is 21.9 Å². The van der Waals surface area contributed by atoms with E-state index in [1.54, 1.807) is 12.5 Å². The van der Waals surface area contributed by atoms with Crippen LogP contribution >= 0.6 is 45.9 Å². The van der Waals surface area contributed by atoms with Crippen molar-refractivity contribution in [2.24, 2.45) is 0 Å². The van der Waals surface area contributed by atoms with Crippen LogP contribution in [0.2, 0.25) is 0 Å². The Bertz CT molecular complexity index is 459. The minimum atomic E-state index is 0.873. The zero-order chi connectivity index (χ0) is 10.7. The number of halogens is 1. The molecule has 0 N–H and O–H groups in total. The molecule has 2 aromatic rings. The van der Waals surface area contributed by atoms with Crippen LogP contribution in [0.25, 0.3) is 0 Å². The first-order chi connectivity index (χ1) is 7.29. The van der Waals surface area contributed by atoms with E-state index in [9.17, 15) is 0 Å². The van der Waals surface area contributed by atoms with E-state index >= 15 is 0 Å². The maximum atomic E-state index is 4.37. The van der Waals surface area contributed by atoms with Crippen molar-refractivity contribution in [3.63, 3.8) is 0 Å². The van der Waals surface area contributed by atoms with Crippen LogP contribution in [0.3, 0.4) is 0 Å². The molecule has 0 spiro atoms. The molecule has 0 fully saturated rings. The third-order valence-corrected chi connectivity index (χ3v) is 4.55. The first-order valence-electron chi connectivity index (χ1n) is 4.25. The molecule has 0 unspecified atom stereocenters. The fourth-order valence-corrected chi connectivity index (χ4v) is 3.08. The van der Waals surface area contributed by atoms with Crippen molar-refractivity contribution in [3.8, 4) is 0 Å². The summed E-state index contributed by atoms with van der Waals surface area (Å²) in [4.78, 5) is 12.5. The van der Waals surface area contributed by atoms with Gasteiger partial charge in [0, 0.05) is 12.6 Å². The maximum absolute atomic E-state index is 4.37. The van der Waals surface area contributed by atoms with E-state index in [-0.39, 0.29) is 0 Å². The molecule has 2 heterocycles. The van der Waals surface area contributed by atoms with Crippen LogP contribution in [-0.2, 0) is 6.42 Å². The molecule has 0 saturated carbocycles. The topological polar surface area (TPSA) is 51.6 Å². The summed E-state index contributed by atoms with van der Waals surface area (Å²) >= 11 is 5.17. The van der Waals surface area contributed by atoms with Crippen molar-refractivity contribution in [2.75, 3.05) is 0 Å². The number of aryl methyl sites for hydroxylation is 1. The Morgan fingerprint density at radius 1 is 1.53 bits per heavy atom. The molecule has 0 atom stereocenters. The van der Waals surface area contributed by atoms with Crippen LogP contribution in [0.5, 0.6) is 0 Å². The zero-order valence-corrected chi connectivity index (χ0v) is 11.6. The molecule has 2 aromatic heterocycles. The van der Waals surface area contributed by atoms with E-state index < -0.39 is 0 Å². The molecule has 0 aliphatic heterocycles. The highest BCUT2D eigenvalue weighted by Gasteiger charge is 2.08. The fraction of sp³-hybridized carbons (Fsp3) is 0.250. The molecular formula is C8H7IN4S2. The highest BCUT2D eigenvalue weighted by molar-refractivity contribution is 14.1. The minimum Gasteiger partial charge on any atom is -0.244 e. The van der Waals surface area contributed by atoms with E-state index in [1.165, 1.54) is 23.3 Å². The molecule has 0 aliphatic carbocycles. The predicted octanol–water partition coefficient (Wildman–Crippen LogP) is 2.65. The SMILES string of the molecule is CCc1nsc(Sc2ncncc2I)n1. The van der Waals surface area contributed by atoms with Crippen LogP contribution in [0, 0.1) is 3.57 Å². The van der Waals surface area contributed by atoms with E-state index in [0.717, 1.165) is 25.2 Å². The van der Waals surface area contributed by atoms with Crippen molar-refractivity contribution < 1.29 is 0 Å². The summed E-state index contributed by atoms with van der Waals surface area (Å²) in [5.74, 6) is 0.895. The van der Waals surface area contributed by atoms with Gasteiger partial charge in [0.15, 0.2) is 4.34 Å². The maximum Gasteiger partial charge on any atom is 0.176 e. The van der Waals surface area contributed by atoms with E-state index in [0.29, 0.717) is 0 Å². The predicted molar refractivity (Wildman–Crippen MR) is 68.2 cm³/mol. The van der Waals surface area contributed by atoms with E-state index in [1.807, 2.05) is 6.92 Å². The number of aromatic nitrogens is 4. The highest BCUT2D eigenvalue weighted by atomic mass is 127. The molecule has 4 nitrogen and oxygen atoms in total. The van der Waals surface area contributed by atoms with E-state index in [2.05, 4.69) is 41.9 Å². The van der Waals surface area contributed by atoms with Gasteiger partial charge in [-0.25, -0.2) is 15.0 Å². The molecule has 0 saturated heterocycles. The molecule has 78 valence electrons. The monoisotopic (exact) mass is 350 g/mol. The quantitative estimate of drug-likeness (QED) is 0.629. The average molecular weight is 350 g/mol. The lowest BCUT2D eigenvalue weighted by Gasteiger charge is -1.97. The normalized spacial score (nSPS) is 10.5. The van der Waals surface area contributed by atoms with Crippen molar-refractivity contribution in [1.82, 2.24) is 19.3 Å². The second-order valence-corrected chi connectivity index (χ2v) is 5.76. The van der Waals surface area contributed by atoms with Gasteiger partial charge in [0.05, 0.1) is 3.57 Å². The summed E-state index contributed by atoms with van der Waals surface area (Å²) < 4.78 is 6.19. The van der Waals surface area contributed by atoms with Gasteiger partial charge < -0.3 is 0 Å². The van der Waals surface area contributed by atoms with E-state index in [4.69, 9.17) is 0 Å². The van der Waals surface area contributed by atoms with Crippen molar-refractivity contribution in [2.45, 2.75) is 22.7 Å². The summed E-state index contributed by atoms with van der Waals surface area (Å²) in [5, 5.41) is 0.935. The summed E-state index contributed by atoms with van der Waals surface area (Å²) in [6.45, 7) is 2.05. The van der Waals surface area contributed by atoms with Gasteiger partial charge in [-0.15, -0.1) is 0 Å². The third kappa shape index (κ3) is 2.85. The standard InChI is InChI=1S/C8H7IN4S2/c1-2-6-12-8(15-13-6)14-7-5(9)3-10-4-11-7/h3-4H,2H2,1H3. The van der Waals surface area contributed by atoms with Gasteiger partial charge in [0.1, 0.15) is 17.2 Å². The number of hydrogen-bond donors (Lipinski definition) is 0. The van der Waals surface area contributed by atoms with Gasteiger partial charge in [0.25, 0.3) is 0 Å². The fourth-order valence-electron chi connectivity index (χ4n) is 0.882. The smallest absolute Gasteiger partial charge is 0.176 e. The summed E-state index contributed by atoms with van der Waals surface area (Å²) in [7, 11) is 0. The third-order valence-electron chi connectivity index (χ3n) is 1.58. The summed E-state index contributed by atoms with van der Waals surface area (Å²) in [6.07, 6.45) is 4.21. The Kier molecular flexibility index (Phi) is 3.87. The molecular weight excluding hydrogens is 343 g/mol. The lowest BCUT2D eigenvalue weighted by atomic mass is 10.5. The number of rotatable bonds is 3. The summed E-state index contributed by atoms with van der Waals surface area (Å²) in [5.41, 5.74) is 0. The van der Waals surface area contributed by atoms with Gasteiger partial charge >= 0.3 is 0 Å². The van der Waals surface area contributed by atoms with Gasteiger partial charge in [-0.05, 0) is 45.9 Å². The largest absolute Gasteiger partial charge is 0.244 e. The van der Waals surface area contributed by atoms with Gasteiger partial charge in [-0.2, -0.15) is 4.37 Å². The van der Waals surface area contributed by atoms with Gasteiger partial charge in [0.2, 0.25) is 0 Å². The van der Waals surface area contributed by atoms with Crippen LogP contribution in [0.1, 0.15) is 12.7 Å². The Labute approximate surface area is 109 Å². The highest BCUT2D eigenvalue weighted by Crippen LogP contribution is 2.29. The van der Waals surface area contributed by atoms with Crippen LogP contribution in [0.15, 0.2) is 21.9 Å². The second-order valence-electron chi connectivity index (χ2n) is 2.61. The Hall–Kier alpha value is -0.280. The molecule has 0 amide bonds. The van der Waals surface area contributed by atoms with Crippen LogP contribution < -0.4 is 0 Å². The molecule has 2 rings (SSSR count). The van der Waals surface area contributed by atoms with Crippen molar-refractivity contribution in [1.29, 1.82) is 0 Å². The molecule has 0 aliphatic rings. The molecule has 7 heteroatoms. The lowest BCUT2D eigenvalue weighted by Crippen LogP contribution is -1.86. The second kappa shape index (κ2) is 5.17. The Balaban J connectivity index is 2.18. The first-order valence-corrected chi connectivity index (χ1v) is 6.92. The zero-order valence-electron chi connectivity index (χ0n) is 7.85. The number of nitrogens with zero attached hydrogens (tertiary/aromatic N) is 4. The molecule has 0 aromatic carbocycles. The summed E-state index contributed by atoms with van der Waals surface area (Å²) in [6, 6.07) is 0. The molecule has 15 heavy (non-hydrogen) atoms. The van der Waals surface area contributed by atoms with Crippen LogP contribution in [0.4, 0.5) is 0 Å². The lowest BCUT2D eigenvalue weighted by molar-refractivity contribution is 0.967. The molecule has 0 bridgehead atoms. The Morgan fingerprint density at radius 2 is 2.40 bits per heavy atom. The van der Waals surface area contributed by atoms with Crippen LogP contribution in [-0.4, -0.2) is 19.3 Å². The number of hydrogen-bond acceptors (Lipinski definition) is 6.